The zero-order chi connectivity index (χ0) is 23.2. The van der Waals surface area contributed by atoms with Crippen LogP contribution in [0, 0.1) is 6.92 Å². The van der Waals surface area contributed by atoms with Crippen molar-refractivity contribution >= 4 is 22.2 Å². The normalized spacial score (nSPS) is 14.7. The van der Waals surface area contributed by atoms with Crippen molar-refractivity contribution in [3.63, 3.8) is 0 Å². The van der Waals surface area contributed by atoms with Gasteiger partial charge in [-0.25, -0.2) is 9.97 Å². The maximum absolute atomic E-state index is 7.57. The van der Waals surface area contributed by atoms with Crippen LogP contribution in [0.1, 0.15) is 47.5 Å². The highest BCUT2D eigenvalue weighted by Crippen LogP contribution is 2.41. The molecule has 1 aliphatic rings. The third-order valence-electron chi connectivity index (χ3n) is 5.58. The Hall–Kier alpha value is -3.16. The molecule has 2 aromatic carbocycles. The Balaban J connectivity index is 0.000000821. The number of ether oxygens (including phenoxy) is 1. The van der Waals surface area contributed by atoms with Gasteiger partial charge in [0.2, 0.25) is 0 Å². The van der Waals surface area contributed by atoms with E-state index in [1.807, 2.05) is 29.8 Å². The van der Waals surface area contributed by atoms with Crippen molar-refractivity contribution in [3.8, 4) is 11.4 Å². The molecule has 1 unspecified atom stereocenters. The fourth-order valence-corrected chi connectivity index (χ4v) is 5.21. The lowest BCUT2D eigenvalue weighted by Gasteiger charge is -2.21. The van der Waals surface area contributed by atoms with Crippen molar-refractivity contribution in [1.29, 1.82) is 0 Å². The van der Waals surface area contributed by atoms with Crippen LogP contribution >= 0.6 is 11.3 Å². The Morgan fingerprint density at radius 2 is 2.00 bits per heavy atom. The highest BCUT2D eigenvalue weighted by Gasteiger charge is 2.26. The van der Waals surface area contributed by atoms with Crippen LogP contribution in [0.4, 0.5) is 10.8 Å². The van der Waals surface area contributed by atoms with E-state index in [1.54, 1.807) is 31.7 Å². The minimum Gasteiger partial charge on any atom is -0.494 e. The molecule has 0 spiro atoms. The number of aromatic nitrogens is 3. The highest BCUT2D eigenvalue weighted by molar-refractivity contribution is 7.15. The van der Waals surface area contributed by atoms with E-state index in [9.17, 15) is 0 Å². The molecular weight excluding hydrogens is 432 g/mol. The van der Waals surface area contributed by atoms with Crippen LogP contribution in [0.15, 0.2) is 61.1 Å². The van der Waals surface area contributed by atoms with E-state index in [-0.39, 0.29) is 6.61 Å². The third-order valence-corrected chi connectivity index (χ3v) is 6.62. The van der Waals surface area contributed by atoms with Gasteiger partial charge in [0.25, 0.3) is 0 Å². The average Bonchev–Trinajstić information content (AvgIpc) is 3.45. The predicted octanol–water partition coefficient (Wildman–Crippen LogP) is 5.86. The van der Waals surface area contributed by atoms with Gasteiger partial charge in [0.05, 0.1) is 30.5 Å². The summed E-state index contributed by atoms with van der Waals surface area (Å²) in [4.78, 5) is 10.7. The number of methoxy groups -OCH3 is 1. The lowest BCUT2D eigenvalue weighted by molar-refractivity contribution is 0.318. The van der Waals surface area contributed by atoms with Gasteiger partial charge in [-0.1, -0.05) is 30.3 Å². The summed E-state index contributed by atoms with van der Waals surface area (Å²) in [5.74, 6) is 1.18. The number of thiazole rings is 1. The van der Waals surface area contributed by atoms with Gasteiger partial charge in [-0.15, -0.1) is 11.3 Å². The van der Waals surface area contributed by atoms with E-state index in [0.717, 1.165) is 40.8 Å². The number of benzene rings is 2. The summed E-state index contributed by atoms with van der Waals surface area (Å²) in [5, 5.41) is 12.0. The fraction of sp³-hybridized carbons (Fsp3) is 0.308. The molecule has 5 rings (SSSR count). The minimum absolute atomic E-state index is 0.250. The number of aliphatic hydroxyl groups excluding tert-OH is 1. The van der Waals surface area contributed by atoms with Gasteiger partial charge in [-0.05, 0) is 50.8 Å². The number of aliphatic hydroxyl groups is 1. The third kappa shape index (κ3) is 5.26. The fourth-order valence-electron chi connectivity index (χ4n) is 4.13. The van der Waals surface area contributed by atoms with Crippen molar-refractivity contribution < 1.29 is 9.84 Å². The van der Waals surface area contributed by atoms with Crippen LogP contribution in [0.25, 0.3) is 5.69 Å². The highest BCUT2D eigenvalue weighted by atomic mass is 32.1. The summed E-state index contributed by atoms with van der Waals surface area (Å²) in [6.07, 6.45) is 7.27. The van der Waals surface area contributed by atoms with Gasteiger partial charge >= 0.3 is 0 Å². The molecule has 6 nitrogen and oxygen atoms in total. The van der Waals surface area contributed by atoms with Crippen molar-refractivity contribution in [3.05, 3.63) is 82.9 Å². The molecule has 0 fully saturated rings. The van der Waals surface area contributed by atoms with E-state index in [1.165, 1.54) is 22.6 Å². The summed E-state index contributed by atoms with van der Waals surface area (Å²) < 4.78 is 7.61. The Morgan fingerprint density at radius 3 is 2.70 bits per heavy atom. The minimum atomic E-state index is 0.250. The summed E-state index contributed by atoms with van der Waals surface area (Å²) >= 11 is 1.77. The molecule has 0 amide bonds. The van der Waals surface area contributed by atoms with E-state index >= 15 is 0 Å². The van der Waals surface area contributed by atoms with E-state index in [2.05, 4.69) is 46.7 Å². The smallest absolute Gasteiger partial charge is 0.187 e. The number of aryl methyl sites for hydroxylation is 2. The zero-order valence-electron chi connectivity index (χ0n) is 19.3. The van der Waals surface area contributed by atoms with Crippen LogP contribution in [-0.4, -0.2) is 33.4 Å². The second kappa shape index (κ2) is 10.6. The molecule has 0 saturated heterocycles. The Labute approximate surface area is 198 Å². The Bertz CT molecular complexity index is 1190. The summed E-state index contributed by atoms with van der Waals surface area (Å²) in [7, 11) is 1.69. The molecule has 4 aromatic rings. The monoisotopic (exact) mass is 462 g/mol. The van der Waals surface area contributed by atoms with Crippen molar-refractivity contribution in [2.45, 2.75) is 39.0 Å². The number of hydrogen-bond acceptors (Lipinski definition) is 6. The first kappa shape index (κ1) is 23.0. The van der Waals surface area contributed by atoms with Gasteiger partial charge in [0, 0.05) is 35.4 Å². The van der Waals surface area contributed by atoms with Gasteiger partial charge in [0.1, 0.15) is 5.75 Å². The Morgan fingerprint density at radius 1 is 1.21 bits per heavy atom. The van der Waals surface area contributed by atoms with Gasteiger partial charge in [-0.2, -0.15) is 0 Å². The van der Waals surface area contributed by atoms with E-state index in [0.29, 0.717) is 5.92 Å². The average molecular weight is 463 g/mol. The van der Waals surface area contributed by atoms with Crippen molar-refractivity contribution in [1.82, 2.24) is 14.5 Å². The number of hydrogen-bond donors (Lipinski definition) is 2. The van der Waals surface area contributed by atoms with Crippen LogP contribution in [0.2, 0.25) is 0 Å². The largest absolute Gasteiger partial charge is 0.494 e. The van der Waals surface area contributed by atoms with Crippen LogP contribution < -0.4 is 10.1 Å². The molecule has 7 heteroatoms. The van der Waals surface area contributed by atoms with Gasteiger partial charge in [0.15, 0.2) is 5.13 Å². The molecule has 1 atom stereocenters. The van der Waals surface area contributed by atoms with Crippen LogP contribution in [0.5, 0.6) is 5.75 Å². The van der Waals surface area contributed by atoms with Crippen molar-refractivity contribution in [2.75, 3.05) is 19.0 Å². The standard InChI is InChI=1S/C24H24N4OS.C2H6O/c1-16-14-28(15-25-16)20-12-11-18(13-21(20)29-2)26-24-27-23-19(9-6-10-22(23)30-24)17-7-4-3-5-8-17;1-2-3/h3-5,7-8,11-15,19H,6,9-10H2,1-2H3,(H,26,27);3H,2H2,1H3. The number of rotatable bonds is 5. The second-order valence-electron chi connectivity index (χ2n) is 7.93. The molecule has 0 aliphatic heterocycles. The predicted molar refractivity (Wildman–Crippen MR) is 134 cm³/mol. The summed E-state index contributed by atoms with van der Waals surface area (Å²) in [6.45, 7) is 3.91. The van der Waals surface area contributed by atoms with Crippen LogP contribution in [0.3, 0.4) is 0 Å². The van der Waals surface area contributed by atoms with Crippen molar-refractivity contribution in [2.24, 2.45) is 0 Å². The molecule has 2 aromatic heterocycles. The maximum Gasteiger partial charge on any atom is 0.187 e. The quantitative estimate of drug-likeness (QED) is 0.389. The molecule has 2 N–H and O–H groups in total. The number of nitrogens with zero attached hydrogens (tertiary/aromatic N) is 3. The number of anilines is 2. The zero-order valence-corrected chi connectivity index (χ0v) is 20.1. The van der Waals surface area contributed by atoms with E-state index in [4.69, 9.17) is 14.8 Å². The molecular formula is C26H30N4O2S. The first-order valence-electron chi connectivity index (χ1n) is 11.2. The number of imidazole rings is 1. The first-order valence-corrected chi connectivity index (χ1v) is 12.1. The number of fused-ring (bicyclic) bond motifs is 1. The van der Waals surface area contributed by atoms with Gasteiger partial charge in [-0.3, -0.25) is 0 Å². The summed E-state index contributed by atoms with van der Waals surface area (Å²) in [5.41, 5.74) is 5.50. The SMILES string of the molecule is CCO.COc1cc(Nc2nc3c(s2)CCCC3c2ccccc2)ccc1-n1cnc(C)c1. The van der Waals surface area contributed by atoms with E-state index < -0.39 is 0 Å². The summed E-state index contributed by atoms with van der Waals surface area (Å²) in [6, 6.07) is 16.9. The molecule has 1 aliphatic carbocycles. The molecule has 33 heavy (non-hydrogen) atoms. The topological polar surface area (TPSA) is 72.2 Å². The molecule has 0 radical (unpaired) electrons. The lowest BCUT2D eigenvalue weighted by atomic mass is 9.85. The second-order valence-corrected chi connectivity index (χ2v) is 9.02. The maximum atomic E-state index is 7.57. The van der Waals surface area contributed by atoms with Gasteiger partial charge < -0.3 is 19.7 Å². The molecule has 172 valence electrons. The first-order chi connectivity index (χ1) is 16.1. The molecule has 0 bridgehead atoms. The molecule has 2 heterocycles. The number of nitrogens with one attached hydrogen (secondary N) is 1. The van der Waals surface area contributed by atoms with Crippen LogP contribution in [-0.2, 0) is 6.42 Å². The molecule has 0 saturated carbocycles. The lowest BCUT2D eigenvalue weighted by Crippen LogP contribution is -2.09. The Kier molecular flexibility index (Phi) is 7.42.